The van der Waals surface area contributed by atoms with Gasteiger partial charge in [-0.1, -0.05) is 24.3 Å². The van der Waals surface area contributed by atoms with Crippen molar-refractivity contribution in [3.05, 3.63) is 65.5 Å². The topological polar surface area (TPSA) is 57.8 Å². The van der Waals surface area contributed by atoms with Crippen molar-refractivity contribution in [2.45, 2.75) is 18.9 Å². The zero-order valence-corrected chi connectivity index (χ0v) is 11.5. The molecule has 2 aromatic carbocycles. The van der Waals surface area contributed by atoms with Gasteiger partial charge in [0.25, 0.3) is 5.91 Å². The van der Waals surface area contributed by atoms with E-state index in [-0.39, 0.29) is 11.9 Å². The molecule has 4 nitrogen and oxygen atoms in total. The number of imidazole rings is 1. The molecule has 0 fully saturated rings. The molecule has 21 heavy (non-hydrogen) atoms. The van der Waals surface area contributed by atoms with E-state index in [1.54, 1.807) is 6.33 Å². The zero-order chi connectivity index (χ0) is 14.2. The second kappa shape index (κ2) is 4.74. The van der Waals surface area contributed by atoms with Crippen molar-refractivity contribution in [2.24, 2.45) is 0 Å². The smallest absolute Gasteiger partial charge is 0.251 e. The maximum atomic E-state index is 12.4. The summed E-state index contributed by atoms with van der Waals surface area (Å²) >= 11 is 0. The van der Waals surface area contributed by atoms with Crippen LogP contribution in [0.2, 0.25) is 0 Å². The van der Waals surface area contributed by atoms with E-state index in [1.165, 1.54) is 11.1 Å². The van der Waals surface area contributed by atoms with E-state index in [9.17, 15) is 4.79 Å². The molecule has 1 aliphatic rings. The van der Waals surface area contributed by atoms with Crippen molar-refractivity contribution < 1.29 is 4.79 Å². The SMILES string of the molecule is O=C(NC1Cc2ccccc2C1)c1ccc2nc[nH]c2c1. The van der Waals surface area contributed by atoms with Crippen molar-refractivity contribution in [2.75, 3.05) is 0 Å². The Hall–Kier alpha value is -2.62. The van der Waals surface area contributed by atoms with Crippen LogP contribution in [0.3, 0.4) is 0 Å². The van der Waals surface area contributed by atoms with Gasteiger partial charge in [0.1, 0.15) is 0 Å². The quantitative estimate of drug-likeness (QED) is 0.756. The largest absolute Gasteiger partial charge is 0.349 e. The number of amides is 1. The Morgan fingerprint density at radius 3 is 2.67 bits per heavy atom. The number of aromatic amines is 1. The summed E-state index contributed by atoms with van der Waals surface area (Å²) in [5.74, 6) is -0.0238. The molecule has 104 valence electrons. The van der Waals surface area contributed by atoms with Crippen LogP contribution in [0.15, 0.2) is 48.8 Å². The fourth-order valence-electron chi connectivity index (χ4n) is 3.01. The highest BCUT2D eigenvalue weighted by Crippen LogP contribution is 2.22. The highest BCUT2D eigenvalue weighted by atomic mass is 16.1. The molecular weight excluding hydrogens is 262 g/mol. The molecule has 0 atom stereocenters. The molecule has 3 aromatic rings. The normalized spacial score (nSPS) is 14.3. The van der Waals surface area contributed by atoms with Crippen molar-refractivity contribution in [3.63, 3.8) is 0 Å². The lowest BCUT2D eigenvalue weighted by atomic mass is 10.1. The molecule has 0 saturated heterocycles. The van der Waals surface area contributed by atoms with Crippen molar-refractivity contribution in [1.29, 1.82) is 0 Å². The Morgan fingerprint density at radius 1 is 1.14 bits per heavy atom. The molecule has 0 unspecified atom stereocenters. The third-order valence-corrected chi connectivity index (χ3v) is 4.07. The molecule has 0 radical (unpaired) electrons. The molecule has 0 aliphatic heterocycles. The van der Waals surface area contributed by atoms with E-state index in [2.05, 4.69) is 39.6 Å². The molecule has 1 aliphatic carbocycles. The number of fused-ring (bicyclic) bond motifs is 2. The average molecular weight is 277 g/mol. The molecule has 1 amide bonds. The molecule has 2 N–H and O–H groups in total. The van der Waals surface area contributed by atoms with Crippen LogP contribution in [0.4, 0.5) is 0 Å². The number of nitrogens with zero attached hydrogens (tertiary/aromatic N) is 1. The van der Waals surface area contributed by atoms with Crippen molar-refractivity contribution >= 4 is 16.9 Å². The highest BCUT2D eigenvalue weighted by Gasteiger charge is 2.22. The summed E-state index contributed by atoms with van der Waals surface area (Å²) in [7, 11) is 0. The number of hydrogen-bond donors (Lipinski definition) is 2. The van der Waals surface area contributed by atoms with Gasteiger partial charge in [0.15, 0.2) is 0 Å². The van der Waals surface area contributed by atoms with Crippen LogP contribution >= 0.6 is 0 Å². The van der Waals surface area contributed by atoms with Crippen molar-refractivity contribution in [3.8, 4) is 0 Å². The minimum absolute atomic E-state index is 0.0238. The van der Waals surface area contributed by atoms with E-state index in [4.69, 9.17) is 0 Å². The minimum Gasteiger partial charge on any atom is -0.349 e. The molecule has 1 aromatic heterocycles. The van der Waals surface area contributed by atoms with Gasteiger partial charge in [-0.3, -0.25) is 4.79 Å². The predicted octanol–water partition coefficient (Wildman–Crippen LogP) is 2.46. The van der Waals surface area contributed by atoms with Gasteiger partial charge in [0, 0.05) is 11.6 Å². The molecule has 4 rings (SSSR count). The molecule has 0 bridgehead atoms. The number of carbonyl (C=O) groups excluding carboxylic acids is 1. The van der Waals surface area contributed by atoms with Gasteiger partial charge in [0.2, 0.25) is 0 Å². The Bertz CT molecular complexity index is 797. The van der Waals surface area contributed by atoms with Gasteiger partial charge in [-0.05, 0) is 42.2 Å². The standard InChI is InChI=1S/C17H15N3O/c21-17(13-5-6-15-16(9-13)19-10-18-15)20-14-7-11-3-1-2-4-12(11)8-14/h1-6,9-10,14H,7-8H2,(H,18,19)(H,20,21). The fraction of sp³-hybridized carbons (Fsp3) is 0.176. The molecule has 0 saturated carbocycles. The lowest BCUT2D eigenvalue weighted by Gasteiger charge is -2.12. The Labute approximate surface area is 122 Å². The first kappa shape index (κ1) is 12.1. The van der Waals surface area contributed by atoms with Gasteiger partial charge >= 0.3 is 0 Å². The van der Waals surface area contributed by atoms with Crippen LogP contribution in [0.1, 0.15) is 21.5 Å². The summed E-state index contributed by atoms with van der Waals surface area (Å²) in [5.41, 5.74) is 5.11. The van der Waals surface area contributed by atoms with E-state index in [1.807, 2.05) is 18.2 Å². The lowest BCUT2D eigenvalue weighted by molar-refractivity contribution is 0.0938. The van der Waals surface area contributed by atoms with E-state index < -0.39 is 0 Å². The zero-order valence-electron chi connectivity index (χ0n) is 11.5. The first-order valence-electron chi connectivity index (χ1n) is 7.10. The van der Waals surface area contributed by atoms with Crippen molar-refractivity contribution in [1.82, 2.24) is 15.3 Å². The number of H-pyrrole nitrogens is 1. The molecule has 0 spiro atoms. The summed E-state index contributed by atoms with van der Waals surface area (Å²) in [5, 5.41) is 3.13. The summed E-state index contributed by atoms with van der Waals surface area (Å²) in [4.78, 5) is 19.6. The molecule has 1 heterocycles. The number of benzene rings is 2. The highest BCUT2D eigenvalue weighted by molar-refractivity contribution is 5.97. The Morgan fingerprint density at radius 2 is 1.90 bits per heavy atom. The number of rotatable bonds is 2. The summed E-state index contributed by atoms with van der Waals surface area (Å²) < 4.78 is 0. The second-order valence-corrected chi connectivity index (χ2v) is 5.48. The van der Waals surface area contributed by atoms with Crippen LogP contribution in [-0.4, -0.2) is 21.9 Å². The summed E-state index contributed by atoms with van der Waals surface area (Å²) in [6.07, 6.45) is 3.46. The molecular formula is C17H15N3O. The number of carbonyl (C=O) groups is 1. The summed E-state index contributed by atoms with van der Waals surface area (Å²) in [6, 6.07) is 14.1. The lowest BCUT2D eigenvalue weighted by Crippen LogP contribution is -2.35. The Kier molecular flexibility index (Phi) is 2.74. The van der Waals surface area contributed by atoms with Gasteiger partial charge < -0.3 is 10.3 Å². The van der Waals surface area contributed by atoms with E-state index in [0.717, 1.165) is 23.9 Å². The minimum atomic E-state index is -0.0238. The monoisotopic (exact) mass is 277 g/mol. The van der Waals surface area contributed by atoms with Crippen LogP contribution in [-0.2, 0) is 12.8 Å². The third kappa shape index (κ3) is 2.18. The summed E-state index contributed by atoms with van der Waals surface area (Å²) in [6.45, 7) is 0. The van der Waals surface area contributed by atoms with Gasteiger partial charge in [0.05, 0.1) is 17.4 Å². The number of nitrogens with one attached hydrogen (secondary N) is 2. The second-order valence-electron chi connectivity index (χ2n) is 5.48. The maximum Gasteiger partial charge on any atom is 0.251 e. The van der Waals surface area contributed by atoms with Crippen LogP contribution in [0, 0.1) is 0 Å². The van der Waals surface area contributed by atoms with Gasteiger partial charge in [-0.2, -0.15) is 0 Å². The maximum absolute atomic E-state index is 12.4. The predicted molar refractivity (Wildman–Crippen MR) is 81.2 cm³/mol. The van der Waals surface area contributed by atoms with Crippen LogP contribution < -0.4 is 5.32 Å². The number of aromatic nitrogens is 2. The molecule has 4 heteroatoms. The average Bonchev–Trinajstić information content (AvgIpc) is 3.11. The first-order chi connectivity index (χ1) is 10.3. The third-order valence-electron chi connectivity index (χ3n) is 4.07. The van der Waals surface area contributed by atoms with Crippen LogP contribution in [0.25, 0.3) is 11.0 Å². The first-order valence-corrected chi connectivity index (χ1v) is 7.10. The van der Waals surface area contributed by atoms with Gasteiger partial charge in [-0.25, -0.2) is 4.98 Å². The van der Waals surface area contributed by atoms with Crippen LogP contribution in [0.5, 0.6) is 0 Å². The van der Waals surface area contributed by atoms with E-state index >= 15 is 0 Å². The number of hydrogen-bond acceptors (Lipinski definition) is 2. The van der Waals surface area contributed by atoms with Gasteiger partial charge in [-0.15, -0.1) is 0 Å². The van der Waals surface area contributed by atoms with E-state index in [0.29, 0.717) is 5.56 Å². The fourth-order valence-corrected chi connectivity index (χ4v) is 3.01. The Balaban J connectivity index is 1.51.